The van der Waals surface area contributed by atoms with Gasteiger partial charge in [0.1, 0.15) is 12.4 Å². The number of nitrogens with two attached hydrogens (primary N) is 1. The average Bonchev–Trinajstić information content (AvgIpc) is 2.73. The molecule has 1 amide bonds. The first kappa shape index (κ1) is 19.9. The Morgan fingerprint density at radius 1 is 1.10 bits per heavy atom. The van der Waals surface area contributed by atoms with Gasteiger partial charge in [0.2, 0.25) is 0 Å². The number of carbonyl (C=O) groups excluding carboxylic acids is 1. The van der Waals surface area contributed by atoms with E-state index in [0.29, 0.717) is 33.9 Å². The Kier molecular flexibility index (Phi) is 6.42. The molecule has 0 unspecified atom stereocenters. The number of nitrogens with one attached hydrogen (secondary N) is 1. The largest absolute Gasteiger partial charge is 0.493 e. The van der Waals surface area contributed by atoms with Crippen molar-refractivity contribution in [3.05, 3.63) is 89.2 Å². The predicted molar refractivity (Wildman–Crippen MR) is 110 cm³/mol. The Morgan fingerprint density at radius 3 is 2.62 bits per heavy atom. The fraction of sp³-hybridized carbons (Fsp3) is 0.0909. The monoisotopic (exact) mass is 393 g/mol. The average molecular weight is 393 g/mol. The van der Waals surface area contributed by atoms with Gasteiger partial charge in [0.15, 0.2) is 11.5 Å². The van der Waals surface area contributed by atoms with Gasteiger partial charge in [-0.1, -0.05) is 36.4 Å². The van der Waals surface area contributed by atoms with Crippen LogP contribution in [0.5, 0.6) is 11.5 Å². The van der Waals surface area contributed by atoms with Gasteiger partial charge >= 0.3 is 0 Å². The van der Waals surface area contributed by atoms with Crippen molar-refractivity contribution in [1.29, 1.82) is 0 Å². The van der Waals surface area contributed by atoms with Crippen LogP contribution in [0.15, 0.2) is 71.8 Å². The summed E-state index contributed by atoms with van der Waals surface area (Å²) in [6.45, 7) is 0.0147. The quantitative estimate of drug-likeness (QED) is 0.364. The molecule has 0 aliphatic rings. The van der Waals surface area contributed by atoms with Gasteiger partial charge in [-0.3, -0.25) is 4.79 Å². The molecule has 0 saturated carbocycles. The van der Waals surface area contributed by atoms with Crippen LogP contribution in [0.4, 0.5) is 10.1 Å². The second-order valence-electron chi connectivity index (χ2n) is 6.05. The van der Waals surface area contributed by atoms with E-state index < -0.39 is 5.91 Å². The highest BCUT2D eigenvalue weighted by Crippen LogP contribution is 2.31. The van der Waals surface area contributed by atoms with Crippen molar-refractivity contribution in [2.24, 2.45) is 5.10 Å². The lowest BCUT2D eigenvalue weighted by atomic mass is 10.2. The van der Waals surface area contributed by atoms with Crippen LogP contribution in [0.25, 0.3) is 0 Å². The maximum atomic E-state index is 13.9. The fourth-order valence-corrected chi connectivity index (χ4v) is 2.64. The smallest absolute Gasteiger partial charge is 0.273 e. The third-order valence-corrected chi connectivity index (χ3v) is 4.13. The third kappa shape index (κ3) is 4.90. The first-order valence-corrected chi connectivity index (χ1v) is 8.81. The van der Waals surface area contributed by atoms with Gasteiger partial charge in [0.05, 0.1) is 18.9 Å². The number of carbonyl (C=O) groups is 1. The van der Waals surface area contributed by atoms with Crippen LogP contribution in [0.1, 0.15) is 21.5 Å². The summed E-state index contributed by atoms with van der Waals surface area (Å²) in [5.74, 6) is 0.0563. The van der Waals surface area contributed by atoms with Gasteiger partial charge in [-0.25, -0.2) is 9.82 Å². The molecule has 148 valence electrons. The van der Waals surface area contributed by atoms with Gasteiger partial charge in [0.25, 0.3) is 5.91 Å². The Hall–Kier alpha value is -3.87. The number of benzene rings is 3. The number of ether oxygens (including phenoxy) is 2. The minimum Gasteiger partial charge on any atom is -0.493 e. The Bertz CT molecular complexity index is 1040. The molecule has 3 rings (SSSR count). The molecule has 3 aromatic rings. The van der Waals surface area contributed by atoms with Crippen LogP contribution in [-0.2, 0) is 6.61 Å². The summed E-state index contributed by atoms with van der Waals surface area (Å²) in [6.07, 6.45) is 1.43. The number of hydrazone groups is 1. The number of nitrogens with zero attached hydrogens (tertiary/aromatic N) is 1. The van der Waals surface area contributed by atoms with Crippen LogP contribution < -0.4 is 20.6 Å². The fourth-order valence-electron chi connectivity index (χ4n) is 2.64. The van der Waals surface area contributed by atoms with Crippen LogP contribution in [0, 0.1) is 5.82 Å². The van der Waals surface area contributed by atoms with Crippen LogP contribution >= 0.6 is 0 Å². The molecule has 7 heteroatoms. The number of rotatable bonds is 7. The Balaban J connectivity index is 1.77. The molecule has 0 aliphatic carbocycles. The molecule has 0 heterocycles. The van der Waals surface area contributed by atoms with E-state index in [0.717, 1.165) is 0 Å². The van der Waals surface area contributed by atoms with Gasteiger partial charge in [-0.15, -0.1) is 0 Å². The van der Waals surface area contributed by atoms with Crippen molar-refractivity contribution in [3.63, 3.8) is 0 Å². The molecule has 0 aliphatic heterocycles. The van der Waals surface area contributed by atoms with E-state index in [1.807, 2.05) is 0 Å². The van der Waals surface area contributed by atoms with E-state index in [9.17, 15) is 9.18 Å². The minimum atomic E-state index is -0.434. The summed E-state index contributed by atoms with van der Waals surface area (Å²) in [4.78, 5) is 12.2. The van der Waals surface area contributed by atoms with Crippen LogP contribution in [0.2, 0.25) is 0 Å². The zero-order valence-electron chi connectivity index (χ0n) is 15.8. The molecule has 0 aromatic heterocycles. The molecule has 3 N–H and O–H groups in total. The molecule has 0 spiro atoms. The number of nitrogen functional groups attached to an aromatic ring is 1. The summed E-state index contributed by atoms with van der Waals surface area (Å²) in [5, 5.41) is 3.98. The standard InChI is InChI=1S/C22H20FN3O3/c1-28-20-12-6-8-15(21(20)29-14-16-7-2-4-10-18(16)23)13-25-26-22(27)17-9-3-5-11-19(17)24/h2-13H,14,24H2,1H3,(H,26,27)/b25-13+. The zero-order chi connectivity index (χ0) is 20.6. The Morgan fingerprint density at radius 2 is 1.86 bits per heavy atom. The number of hydrogen-bond donors (Lipinski definition) is 2. The summed E-state index contributed by atoms with van der Waals surface area (Å²) >= 11 is 0. The van der Waals surface area contributed by atoms with Crippen molar-refractivity contribution < 1.29 is 18.7 Å². The normalized spacial score (nSPS) is 10.7. The maximum absolute atomic E-state index is 13.9. The molecule has 0 atom stereocenters. The molecule has 0 fully saturated rings. The van der Waals surface area contributed by atoms with E-state index in [2.05, 4.69) is 10.5 Å². The zero-order valence-corrected chi connectivity index (χ0v) is 15.8. The molecule has 6 nitrogen and oxygen atoms in total. The summed E-state index contributed by atoms with van der Waals surface area (Å²) in [7, 11) is 1.51. The second kappa shape index (κ2) is 9.36. The first-order valence-electron chi connectivity index (χ1n) is 8.81. The van der Waals surface area contributed by atoms with E-state index >= 15 is 0 Å². The van der Waals surface area contributed by atoms with E-state index in [-0.39, 0.29) is 12.4 Å². The van der Waals surface area contributed by atoms with Crippen molar-refractivity contribution in [3.8, 4) is 11.5 Å². The van der Waals surface area contributed by atoms with Gasteiger partial charge in [-0.2, -0.15) is 5.10 Å². The lowest BCUT2D eigenvalue weighted by Crippen LogP contribution is -2.19. The topological polar surface area (TPSA) is 85.9 Å². The number of anilines is 1. The number of methoxy groups -OCH3 is 1. The highest BCUT2D eigenvalue weighted by Gasteiger charge is 2.12. The predicted octanol–water partition coefficient (Wildman–Crippen LogP) is 3.76. The number of hydrogen-bond acceptors (Lipinski definition) is 5. The summed E-state index contributed by atoms with van der Waals surface area (Å²) < 4.78 is 25.0. The molecule has 29 heavy (non-hydrogen) atoms. The highest BCUT2D eigenvalue weighted by molar-refractivity contribution is 5.99. The first-order chi connectivity index (χ1) is 14.1. The molecule has 0 saturated heterocycles. The highest BCUT2D eigenvalue weighted by atomic mass is 19.1. The van der Waals surface area contributed by atoms with Gasteiger partial charge in [-0.05, 0) is 30.3 Å². The second-order valence-corrected chi connectivity index (χ2v) is 6.05. The molecule has 3 aromatic carbocycles. The van der Waals surface area contributed by atoms with Gasteiger partial charge < -0.3 is 15.2 Å². The lowest BCUT2D eigenvalue weighted by molar-refractivity contribution is 0.0956. The van der Waals surface area contributed by atoms with Crippen molar-refractivity contribution >= 4 is 17.8 Å². The lowest BCUT2D eigenvalue weighted by Gasteiger charge is -2.13. The number of halogens is 1. The summed E-state index contributed by atoms with van der Waals surface area (Å²) in [6, 6.07) is 18.3. The Labute approximate surface area is 167 Å². The van der Waals surface area contributed by atoms with Crippen LogP contribution in [0.3, 0.4) is 0 Å². The SMILES string of the molecule is COc1cccc(/C=N/NC(=O)c2ccccc2N)c1OCc1ccccc1F. The molecular weight excluding hydrogens is 373 g/mol. The van der Waals surface area contributed by atoms with Gasteiger partial charge in [0, 0.05) is 16.8 Å². The molecule has 0 bridgehead atoms. The number of para-hydroxylation sites is 2. The van der Waals surface area contributed by atoms with E-state index in [1.54, 1.807) is 60.7 Å². The van der Waals surface area contributed by atoms with Crippen molar-refractivity contribution in [1.82, 2.24) is 5.43 Å². The summed E-state index contributed by atoms with van der Waals surface area (Å²) in [5.41, 5.74) is 9.87. The third-order valence-electron chi connectivity index (χ3n) is 4.13. The number of amides is 1. The van der Waals surface area contributed by atoms with Crippen molar-refractivity contribution in [2.45, 2.75) is 6.61 Å². The molecule has 0 radical (unpaired) electrons. The van der Waals surface area contributed by atoms with Crippen molar-refractivity contribution in [2.75, 3.05) is 12.8 Å². The van der Waals surface area contributed by atoms with E-state index in [4.69, 9.17) is 15.2 Å². The van der Waals surface area contributed by atoms with Crippen LogP contribution in [-0.4, -0.2) is 19.2 Å². The molecular formula is C22H20FN3O3. The van der Waals surface area contributed by atoms with E-state index in [1.165, 1.54) is 19.4 Å². The maximum Gasteiger partial charge on any atom is 0.273 e. The minimum absolute atomic E-state index is 0.0147.